The number of nitrogens with one attached hydrogen (secondary N) is 1. The molecule has 2 aromatic carbocycles. The summed E-state index contributed by atoms with van der Waals surface area (Å²) in [5.41, 5.74) is 2.35. The summed E-state index contributed by atoms with van der Waals surface area (Å²) < 4.78 is 71.8. The maximum atomic E-state index is 15.3. The molecule has 242 valence electrons. The average Bonchev–Trinajstić information content (AvgIpc) is 3.13. The average molecular weight is 661 g/mol. The predicted octanol–water partition coefficient (Wildman–Crippen LogP) is 6.18. The molecule has 3 aliphatic carbocycles. The van der Waals surface area contributed by atoms with Crippen LogP contribution in [0.2, 0.25) is 5.02 Å². The highest BCUT2D eigenvalue weighted by Gasteiger charge is 2.47. The number of allylic oxidation sites excluding steroid dienone is 1. The number of anilines is 1. The van der Waals surface area contributed by atoms with E-state index in [0.29, 0.717) is 54.9 Å². The third kappa shape index (κ3) is 5.06. The van der Waals surface area contributed by atoms with E-state index in [2.05, 4.69) is 15.7 Å². The Bertz CT molecular complexity index is 1700. The van der Waals surface area contributed by atoms with Gasteiger partial charge in [0.25, 0.3) is 5.91 Å². The van der Waals surface area contributed by atoms with Crippen molar-refractivity contribution in [3.63, 3.8) is 0 Å². The molecule has 3 aliphatic heterocycles. The smallest absolute Gasteiger partial charge is 0.264 e. The number of carbonyl (C=O) groups excluding carboxylic acids is 1. The molecule has 1 N–H and O–H groups in total. The van der Waals surface area contributed by atoms with Crippen LogP contribution >= 0.6 is 11.6 Å². The number of hydrogen-bond acceptors (Lipinski definition) is 6. The number of amides is 1. The summed E-state index contributed by atoms with van der Waals surface area (Å²) in [5.74, 6) is -1.21. The van der Waals surface area contributed by atoms with Crippen LogP contribution in [-0.4, -0.2) is 52.5 Å². The van der Waals surface area contributed by atoms with Crippen LogP contribution in [0, 0.1) is 35.3 Å². The van der Waals surface area contributed by atoms with Crippen LogP contribution < -0.4 is 14.4 Å². The van der Waals surface area contributed by atoms with Crippen LogP contribution in [0.4, 0.5) is 14.5 Å². The van der Waals surface area contributed by atoms with Crippen molar-refractivity contribution >= 4 is 33.2 Å². The minimum absolute atomic E-state index is 0.0598. The number of rotatable bonds is 1. The molecule has 1 fully saturated rings. The number of nitrogens with zero attached hydrogens (tertiary/aromatic N) is 1. The molecule has 2 aromatic rings. The van der Waals surface area contributed by atoms with Gasteiger partial charge in [0.1, 0.15) is 22.4 Å². The van der Waals surface area contributed by atoms with Gasteiger partial charge in [0.2, 0.25) is 10.0 Å². The van der Waals surface area contributed by atoms with Crippen molar-refractivity contribution in [3.8, 4) is 5.75 Å². The summed E-state index contributed by atoms with van der Waals surface area (Å²) in [6, 6.07) is 6.32. The van der Waals surface area contributed by atoms with Crippen molar-refractivity contribution in [2.75, 3.05) is 31.7 Å². The summed E-state index contributed by atoms with van der Waals surface area (Å²) in [7, 11) is -2.23. The molecule has 4 bridgehead atoms. The molecule has 7 atom stereocenters. The van der Waals surface area contributed by atoms with Gasteiger partial charge < -0.3 is 14.4 Å². The third-order valence-corrected chi connectivity index (χ3v) is 13.7. The molecule has 3 heterocycles. The number of fused-ring (bicyclic) bond motifs is 6. The van der Waals surface area contributed by atoms with E-state index >= 15 is 4.39 Å². The molecule has 0 saturated heterocycles. The van der Waals surface area contributed by atoms with E-state index in [1.807, 2.05) is 6.92 Å². The summed E-state index contributed by atoms with van der Waals surface area (Å²) in [5, 5.41) is -1.27. The van der Waals surface area contributed by atoms with E-state index in [4.69, 9.17) is 21.1 Å². The van der Waals surface area contributed by atoms with Crippen LogP contribution in [0.15, 0.2) is 35.9 Å². The Morgan fingerprint density at radius 3 is 2.67 bits per heavy atom. The second-order valence-electron chi connectivity index (χ2n) is 13.8. The Morgan fingerprint density at radius 2 is 1.96 bits per heavy atom. The fourth-order valence-electron chi connectivity index (χ4n) is 8.38. The zero-order valence-corrected chi connectivity index (χ0v) is 27.3. The van der Waals surface area contributed by atoms with Crippen molar-refractivity contribution in [1.29, 1.82) is 0 Å². The molecule has 1 saturated carbocycles. The molecule has 45 heavy (non-hydrogen) atoms. The summed E-state index contributed by atoms with van der Waals surface area (Å²) in [6.07, 6.45) is 6.69. The number of ether oxygens (including phenoxy) is 2. The molecule has 0 aromatic heterocycles. The van der Waals surface area contributed by atoms with Gasteiger partial charge in [0.05, 0.1) is 23.6 Å². The fourth-order valence-corrected chi connectivity index (χ4v) is 9.88. The quantitative estimate of drug-likeness (QED) is 0.291. The Kier molecular flexibility index (Phi) is 7.72. The number of halogens is 3. The molecule has 1 amide bonds. The lowest BCUT2D eigenvalue weighted by Gasteiger charge is -2.48. The van der Waals surface area contributed by atoms with Gasteiger partial charge in [-0.05, 0) is 110 Å². The largest absolute Gasteiger partial charge is 0.490 e. The highest BCUT2D eigenvalue weighted by Crippen LogP contribution is 2.50. The van der Waals surface area contributed by atoms with Crippen molar-refractivity contribution in [2.45, 2.75) is 69.1 Å². The molecular weight excluding hydrogens is 622 g/mol. The van der Waals surface area contributed by atoms with E-state index in [0.717, 1.165) is 19.3 Å². The molecule has 0 unspecified atom stereocenters. The van der Waals surface area contributed by atoms with Gasteiger partial charge in [-0.1, -0.05) is 24.6 Å². The molecule has 11 heteroatoms. The van der Waals surface area contributed by atoms with Crippen molar-refractivity contribution < 1.29 is 31.5 Å². The number of benzene rings is 2. The van der Waals surface area contributed by atoms with Gasteiger partial charge in [0, 0.05) is 31.2 Å². The number of sulfonamides is 1. The number of hydrogen-bond donors (Lipinski definition) is 1. The summed E-state index contributed by atoms with van der Waals surface area (Å²) in [6.45, 7) is 4.81. The van der Waals surface area contributed by atoms with Gasteiger partial charge in [0.15, 0.2) is 0 Å². The van der Waals surface area contributed by atoms with Crippen molar-refractivity contribution in [1.82, 2.24) is 4.72 Å². The van der Waals surface area contributed by atoms with Gasteiger partial charge >= 0.3 is 0 Å². The van der Waals surface area contributed by atoms with Gasteiger partial charge in [-0.3, -0.25) is 4.79 Å². The van der Waals surface area contributed by atoms with Gasteiger partial charge in [-0.2, -0.15) is 0 Å². The second kappa shape index (κ2) is 11.2. The molecule has 1 spiro atoms. The Morgan fingerprint density at radius 1 is 1.18 bits per heavy atom. The predicted molar refractivity (Wildman–Crippen MR) is 168 cm³/mol. The topological polar surface area (TPSA) is 84.9 Å². The minimum Gasteiger partial charge on any atom is -0.490 e. The molecule has 7 nitrogen and oxygen atoms in total. The second-order valence-corrected chi connectivity index (χ2v) is 16.2. The van der Waals surface area contributed by atoms with Crippen LogP contribution in [-0.2, 0) is 26.6 Å². The lowest BCUT2D eigenvalue weighted by atomic mass is 9.64. The number of methoxy groups -OCH3 is 1. The normalized spacial score (nSPS) is 33.8. The first kappa shape index (κ1) is 30.9. The summed E-state index contributed by atoms with van der Waals surface area (Å²) in [4.78, 5) is 15.6. The zero-order valence-electron chi connectivity index (χ0n) is 25.7. The first-order valence-corrected chi connectivity index (χ1v) is 17.8. The zero-order chi connectivity index (χ0) is 31.8. The van der Waals surface area contributed by atoms with E-state index in [1.165, 1.54) is 11.6 Å². The first-order valence-electron chi connectivity index (χ1n) is 15.9. The van der Waals surface area contributed by atoms with Gasteiger partial charge in [-0.25, -0.2) is 21.9 Å². The Labute approximate surface area is 268 Å². The lowest BCUT2D eigenvalue weighted by Crippen LogP contribution is -2.50. The van der Waals surface area contributed by atoms with Crippen molar-refractivity contribution in [2.24, 2.45) is 23.7 Å². The molecule has 0 radical (unpaired) electrons. The monoisotopic (exact) mass is 660 g/mol. The molecular formula is C34H39ClF2N2O5S. The van der Waals surface area contributed by atoms with E-state index in [9.17, 15) is 17.6 Å². The molecule has 6 aliphatic rings. The lowest BCUT2D eigenvalue weighted by molar-refractivity contribution is -0.000494. The van der Waals surface area contributed by atoms with Crippen LogP contribution in [0.5, 0.6) is 5.75 Å². The maximum absolute atomic E-state index is 15.3. The highest BCUT2D eigenvalue weighted by molar-refractivity contribution is 7.90. The Balaban J connectivity index is 1.33. The van der Waals surface area contributed by atoms with Crippen LogP contribution in [0.1, 0.15) is 67.4 Å². The maximum Gasteiger partial charge on any atom is 0.264 e. The van der Waals surface area contributed by atoms with Crippen LogP contribution in [0.3, 0.4) is 0 Å². The fraction of sp³-hybridized carbons (Fsp3) is 0.559. The van der Waals surface area contributed by atoms with E-state index < -0.39 is 43.3 Å². The van der Waals surface area contributed by atoms with Gasteiger partial charge in [-0.15, -0.1) is 0 Å². The van der Waals surface area contributed by atoms with Crippen LogP contribution in [0.25, 0.3) is 0 Å². The first-order chi connectivity index (χ1) is 21.4. The third-order valence-electron chi connectivity index (χ3n) is 11.5. The Hall–Kier alpha value is -2.69. The molecule has 8 rings (SSSR count). The van der Waals surface area contributed by atoms with E-state index in [-0.39, 0.29) is 41.9 Å². The van der Waals surface area contributed by atoms with Crippen molar-refractivity contribution in [3.05, 3.63) is 69.3 Å². The van der Waals surface area contributed by atoms with E-state index in [1.54, 1.807) is 32.2 Å². The standard InChI is InChI=1S/C34H39ClF2N2O5S/c1-18-19(2)45(41,42)38-33(40)20-7-9-29-28(13-20)39(15-21-6-8-24(21)32(43-3)23-11-22(18)12-23)16-34(17-44-29)10-4-5-25-26(34)14-27(36)30(35)31(25)37/h7,9,11,13-14,18-19,21-22,24,32H,4-6,8,10,12,15-17H2,1-3H3,(H,38,40)/t18-,19-,21+,22+,24-,32+,34-/m1/s1. The summed E-state index contributed by atoms with van der Waals surface area (Å²) >= 11 is 6.01. The SMILES string of the molecule is CO[C@H]1C2=C[C@@H](C2)[C@H](C)[C@@H](C)S(=O)(=O)NC(=O)c2ccc3c(c2)N(C[C@@H]2CC[C@H]21)C[C@]1(CCCc2c1cc(F)c(Cl)c2F)CO3. The highest BCUT2D eigenvalue weighted by atomic mass is 35.5. The minimum atomic E-state index is -3.97. The number of carbonyl (C=O) groups is 1.